The number of aliphatic hydroxyl groups is 1. The second kappa shape index (κ2) is 6.54. The zero-order valence-electron chi connectivity index (χ0n) is 11.9. The Morgan fingerprint density at radius 1 is 1.41 bits per heavy atom. The molecular formula is C14H18ClNO5S. The van der Waals surface area contributed by atoms with Crippen molar-refractivity contribution in [2.24, 2.45) is 0 Å². The fraction of sp³-hybridized carbons (Fsp3) is 0.500. The molecule has 1 atom stereocenters. The maximum atomic E-state index is 12.3. The highest BCUT2D eigenvalue weighted by Gasteiger charge is 2.43. The van der Waals surface area contributed by atoms with Gasteiger partial charge >= 0.3 is 5.97 Å². The number of rotatable bonds is 5. The summed E-state index contributed by atoms with van der Waals surface area (Å²) in [7, 11) is -3.63. The zero-order valence-corrected chi connectivity index (χ0v) is 13.5. The summed E-state index contributed by atoms with van der Waals surface area (Å²) in [5.41, 5.74) is -1.21. The number of aryl methyl sites for hydroxylation is 1. The second-order valence-electron chi connectivity index (χ2n) is 5.47. The maximum Gasteiger partial charge on any atom is 0.337 e. The van der Waals surface area contributed by atoms with Crippen LogP contribution in [0.5, 0.6) is 0 Å². The minimum atomic E-state index is -3.63. The van der Waals surface area contributed by atoms with Crippen LogP contribution < -0.4 is 0 Å². The van der Waals surface area contributed by atoms with E-state index in [9.17, 15) is 18.3 Å². The molecule has 0 bridgehead atoms. The van der Waals surface area contributed by atoms with Gasteiger partial charge in [-0.3, -0.25) is 0 Å². The quantitative estimate of drug-likeness (QED) is 0.832. The summed E-state index contributed by atoms with van der Waals surface area (Å²) < 4.78 is 25.8. The monoisotopic (exact) mass is 347 g/mol. The van der Waals surface area contributed by atoms with E-state index in [0.29, 0.717) is 11.4 Å². The van der Waals surface area contributed by atoms with Crippen molar-refractivity contribution in [3.8, 4) is 0 Å². The number of hydrogen-bond acceptors (Lipinski definition) is 4. The van der Waals surface area contributed by atoms with E-state index in [0.717, 1.165) is 9.87 Å². The smallest absolute Gasteiger partial charge is 0.337 e. The van der Waals surface area contributed by atoms with E-state index in [1.54, 1.807) is 24.3 Å². The highest BCUT2D eigenvalue weighted by Crippen LogP contribution is 2.24. The predicted octanol–water partition coefficient (Wildman–Crippen LogP) is 1.12. The third-order valence-electron chi connectivity index (χ3n) is 3.77. The molecule has 1 aliphatic heterocycles. The average Bonchev–Trinajstić information content (AvgIpc) is 2.45. The molecule has 1 saturated heterocycles. The van der Waals surface area contributed by atoms with E-state index in [4.69, 9.17) is 16.7 Å². The fourth-order valence-corrected chi connectivity index (χ4v) is 4.26. The number of benzene rings is 1. The van der Waals surface area contributed by atoms with E-state index in [1.165, 1.54) is 0 Å². The minimum Gasteiger partial charge on any atom is -0.479 e. The SMILES string of the molecule is O=C(O)C1(O)CCCN(S(=O)(=O)CCc2cccc(Cl)c2)C1. The molecule has 0 radical (unpaired) electrons. The van der Waals surface area contributed by atoms with Gasteiger partial charge in [0, 0.05) is 11.6 Å². The van der Waals surface area contributed by atoms with E-state index in [1.807, 2.05) is 0 Å². The number of sulfonamides is 1. The highest BCUT2D eigenvalue weighted by atomic mass is 35.5. The van der Waals surface area contributed by atoms with Crippen LogP contribution in [0.4, 0.5) is 0 Å². The molecule has 8 heteroatoms. The van der Waals surface area contributed by atoms with Crippen LogP contribution in [-0.4, -0.2) is 53.3 Å². The van der Waals surface area contributed by atoms with Gasteiger partial charge in [0.2, 0.25) is 10.0 Å². The topological polar surface area (TPSA) is 94.9 Å². The second-order valence-corrected chi connectivity index (χ2v) is 7.99. The highest BCUT2D eigenvalue weighted by molar-refractivity contribution is 7.89. The number of piperidine rings is 1. The van der Waals surface area contributed by atoms with Crippen LogP contribution in [0.2, 0.25) is 5.02 Å². The van der Waals surface area contributed by atoms with Gasteiger partial charge in [-0.1, -0.05) is 23.7 Å². The molecule has 0 spiro atoms. The van der Waals surface area contributed by atoms with Crippen molar-refractivity contribution in [1.29, 1.82) is 0 Å². The first-order valence-corrected chi connectivity index (χ1v) is 8.90. The lowest BCUT2D eigenvalue weighted by Crippen LogP contribution is -2.55. The van der Waals surface area contributed by atoms with Gasteiger partial charge in [-0.05, 0) is 37.0 Å². The van der Waals surface area contributed by atoms with Crippen molar-refractivity contribution in [3.05, 3.63) is 34.9 Å². The van der Waals surface area contributed by atoms with E-state index in [-0.39, 0.29) is 25.1 Å². The van der Waals surface area contributed by atoms with Crippen LogP contribution in [-0.2, 0) is 21.2 Å². The van der Waals surface area contributed by atoms with Crippen molar-refractivity contribution in [1.82, 2.24) is 4.31 Å². The molecule has 1 heterocycles. The van der Waals surface area contributed by atoms with Crippen LogP contribution in [0.3, 0.4) is 0 Å². The molecule has 0 aliphatic carbocycles. The number of carboxylic acid groups (broad SMARTS) is 1. The molecule has 1 aliphatic rings. The molecule has 22 heavy (non-hydrogen) atoms. The zero-order chi connectivity index (χ0) is 16.4. The van der Waals surface area contributed by atoms with Crippen LogP contribution in [0.25, 0.3) is 0 Å². The molecule has 6 nitrogen and oxygen atoms in total. The Kier molecular flexibility index (Phi) is 5.11. The standard InChI is InChI=1S/C14H18ClNO5S/c15-12-4-1-3-11(9-12)5-8-22(20,21)16-7-2-6-14(19,10-16)13(17)18/h1,3-4,9,19H,2,5-8,10H2,(H,17,18). The Bertz CT molecular complexity index is 663. The Balaban J connectivity index is 2.05. The summed E-state index contributed by atoms with van der Waals surface area (Å²) in [5.74, 6) is -1.54. The van der Waals surface area contributed by atoms with Crippen LogP contribution in [0.15, 0.2) is 24.3 Å². The molecule has 1 aromatic rings. The van der Waals surface area contributed by atoms with Gasteiger partial charge in [0.25, 0.3) is 0 Å². The van der Waals surface area contributed by atoms with Crippen molar-refractivity contribution < 1.29 is 23.4 Å². The first-order chi connectivity index (χ1) is 10.2. The summed E-state index contributed by atoms with van der Waals surface area (Å²) in [4.78, 5) is 11.1. The van der Waals surface area contributed by atoms with Crippen molar-refractivity contribution in [2.75, 3.05) is 18.8 Å². The van der Waals surface area contributed by atoms with Crippen molar-refractivity contribution in [2.45, 2.75) is 24.9 Å². The largest absolute Gasteiger partial charge is 0.479 e. The van der Waals surface area contributed by atoms with Gasteiger partial charge in [0.15, 0.2) is 5.60 Å². The van der Waals surface area contributed by atoms with Gasteiger partial charge in [-0.25, -0.2) is 13.2 Å². The first-order valence-electron chi connectivity index (χ1n) is 6.91. The molecule has 1 fully saturated rings. The number of carbonyl (C=O) groups is 1. The number of halogens is 1. The average molecular weight is 348 g/mol. The Morgan fingerprint density at radius 3 is 2.77 bits per heavy atom. The Morgan fingerprint density at radius 2 is 2.14 bits per heavy atom. The van der Waals surface area contributed by atoms with E-state index in [2.05, 4.69) is 0 Å². The number of nitrogens with zero attached hydrogens (tertiary/aromatic N) is 1. The van der Waals surface area contributed by atoms with Crippen molar-refractivity contribution in [3.63, 3.8) is 0 Å². The summed E-state index contributed by atoms with van der Waals surface area (Å²) in [6.45, 7) is -0.173. The summed E-state index contributed by atoms with van der Waals surface area (Å²) in [6.07, 6.45) is 0.659. The summed E-state index contributed by atoms with van der Waals surface area (Å²) in [5, 5.41) is 19.5. The Hall–Kier alpha value is -1.15. The summed E-state index contributed by atoms with van der Waals surface area (Å²) >= 11 is 5.86. The normalized spacial score (nSPS) is 23.4. The van der Waals surface area contributed by atoms with Gasteiger partial charge in [0.05, 0.1) is 12.3 Å². The molecule has 122 valence electrons. The number of aliphatic carboxylic acids is 1. The predicted molar refractivity (Wildman–Crippen MR) is 82.3 cm³/mol. The van der Waals surface area contributed by atoms with Gasteiger partial charge in [0.1, 0.15) is 0 Å². The molecule has 1 unspecified atom stereocenters. The summed E-state index contributed by atoms with van der Waals surface area (Å²) in [6, 6.07) is 6.93. The Labute approximate surface area is 134 Å². The third-order valence-corrected chi connectivity index (χ3v) is 5.82. The number of β-amino-alcohol motifs (C(OH)–C–C–N with tert-alkyl or cyclic N) is 1. The fourth-order valence-electron chi connectivity index (χ4n) is 2.48. The maximum absolute atomic E-state index is 12.3. The lowest BCUT2D eigenvalue weighted by Gasteiger charge is -2.35. The molecule has 0 aromatic heterocycles. The van der Waals surface area contributed by atoms with Crippen molar-refractivity contribution >= 4 is 27.6 Å². The third kappa shape index (κ3) is 3.98. The van der Waals surface area contributed by atoms with E-state index < -0.39 is 28.1 Å². The first kappa shape index (κ1) is 17.2. The van der Waals surface area contributed by atoms with Crippen LogP contribution >= 0.6 is 11.6 Å². The molecule has 0 amide bonds. The molecule has 0 saturated carbocycles. The van der Waals surface area contributed by atoms with Crippen LogP contribution in [0.1, 0.15) is 18.4 Å². The molecule has 2 N–H and O–H groups in total. The molecule has 2 rings (SSSR count). The lowest BCUT2D eigenvalue weighted by molar-refractivity contribution is -0.162. The van der Waals surface area contributed by atoms with Gasteiger partial charge in [-0.15, -0.1) is 0 Å². The van der Waals surface area contributed by atoms with Gasteiger partial charge < -0.3 is 10.2 Å². The molecule has 1 aromatic carbocycles. The number of hydrogen-bond donors (Lipinski definition) is 2. The van der Waals surface area contributed by atoms with Gasteiger partial charge in [-0.2, -0.15) is 4.31 Å². The van der Waals surface area contributed by atoms with E-state index >= 15 is 0 Å². The minimum absolute atomic E-state index is 0.0582. The molecular weight excluding hydrogens is 330 g/mol. The number of carboxylic acids is 1. The lowest BCUT2D eigenvalue weighted by atomic mass is 9.95. The van der Waals surface area contributed by atoms with Crippen LogP contribution in [0, 0.1) is 0 Å².